The summed E-state index contributed by atoms with van der Waals surface area (Å²) in [6.07, 6.45) is 0. The number of carbonyl (C=O) groups is 2. The van der Waals surface area contributed by atoms with Crippen LogP contribution in [0.15, 0.2) is 36.4 Å². The van der Waals surface area contributed by atoms with Crippen LogP contribution in [0.25, 0.3) is 21.8 Å². The highest BCUT2D eigenvalue weighted by Gasteiger charge is 2.17. The van der Waals surface area contributed by atoms with Gasteiger partial charge in [0.15, 0.2) is 0 Å². The van der Waals surface area contributed by atoms with E-state index in [4.69, 9.17) is 9.47 Å². The SMILES string of the molecule is CCOC(=O)c1ccc2c(c1)n[n+]([O-])c1cc(C(=O)OCC)ccc21. The number of nitrogens with zero attached hydrogens (tertiary/aromatic N) is 2. The Hall–Kier alpha value is -3.22. The number of hydrogen-bond acceptors (Lipinski definition) is 6. The van der Waals surface area contributed by atoms with Crippen LogP contribution in [0.2, 0.25) is 0 Å². The number of hydrogen-bond donors (Lipinski definition) is 0. The first kappa shape index (κ1) is 16.6. The number of aromatic nitrogens is 2. The molecule has 0 radical (unpaired) electrons. The molecule has 0 saturated heterocycles. The summed E-state index contributed by atoms with van der Waals surface area (Å²) in [5, 5.41) is 17.6. The van der Waals surface area contributed by atoms with Gasteiger partial charge in [0.25, 0.3) is 5.52 Å². The maximum absolute atomic E-state index is 12.3. The molecule has 0 spiro atoms. The average Bonchev–Trinajstić information content (AvgIpc) is 2.61. The third kappa shape index (κ3) is 3.08. The lowest BCUT2D eigenvalue weighted by Crippen LogP contribution is -2.32. The molecule has 25 heavy (non-hydrogen) atoms. The fourth-order valence-electron chi connectivity index (χ4n) is 2.59. The third-order valence-corrected chi connectivity index (χ3v) is 3.71. The van der Waals surface area contributed by atoms with Crippen LogP contribution in [0, 0.1) is 5.21 Å². The molecule has 0 atom stereocenters. The molecule has 7 heteroatoms. The van der Waals surface area contributed by atoms with Crippen LogP contribution in [0.1, 0.15) is 34.6 Å². The van der Waals surface area contributed by atoms with Gasteiger partial charge in [0, 0.05) is 16.6 Å². The van der Waals surface area contributed by atoms with Crippen molar-refractivity contribution in [1.29, 1.82) is 0 Å². The molecule has 0 aliphatic rings. The molecule has 0 aliphatic heterocycles. The number of rotatable bonds is 4. The standard InChI is InChI=1S/C18H16N2O5/c1-3-24-17(21)11-5-7-13-14-8-6-12(18(22)25-4-2)10-16(14)20(23)19-15(13)9-11/h5-10H,3-4H2,1-2H3. The number of esters is 2. The Bertz CT molecular complexity index is 984. The van der Waals surface area contributed by atoms with Crippen LogP contribution in [0.3, 0.4) is 0 Å². The second kappa shape index (κ2) is 6.72. The Morgan fingerprint density at radius 1 is 0.960 bits per heavy atom. The summed E-state index contributed by atoms with van der Waals surface area (Å²) in [7, 11) is 0. The Labute approximate surface area is 143 Å². The molecule has 0 saturated carbocycles. The van der Waals surface area contributed by atoms with E-state index < -0.39 is 11.9 Å². The van der Waals surface area contributed by atoms with E-state index >= 15 is 0 Å². The van der Waals surface area contributed by atoms with Crippen LogP contribution < -0.4 is 4.85 Å². The quantitative estimate of drug-likeness (QED) is 0.313. The number of benzene rings is 2. The van der Waals surface area contributed by atoms with E-state index in [2.05, 4.69) is 5.10 Å². The first-order chi connectivity index (χ1) is 12.0. The van der Waals surface area contributed by atoms with Crippen molar-refractivity contribution in [2.45, 2.75) is 13.8 Å². The highest BCUT2D eigenvalue weighted by atomic mass is 16.5. The third-order valence-electron chi connectivity index (χ3n) is 3.71. The molecule has 2 aromatic carbocycles. The second-order valence-corrected chi connectivity index (χ2v) is 5.28. The Balaban J connectivity index is 2.15. The van der Waals surface area contributed by atoms with Gasteiger partial charge in [-0.1, -0.05) is 6.07 Å². The zero-order chi connectivity index (χ0) is 18.0. The van der Waals surface area contributed by atoms with E-state index in [9.17, 15) is 14.8 Å². The molecule has 0 bridgehead atoms. The van der Waals surface area contributed by atoms with Gasteiger partial charge in [0.2, 0.25) is 0 Å². The zero-order valence-corrected chi connectivity index (χ0v) is 13.8. The Morgan fingerprint density at radius 2 is 1.52 bits per heavy atom. The van der Waals surface area contributed by atoms with Crippen LogP contribution in [-0.4, -0.2) is 30.3 Å². The molecule has 0 N–H and O–H groups in total. The van der Waals surface area contributed by atoms with Crippen molar-refractivity contribution in [3.8, 4) is 0 Å². The Kier molecular flexibility index (Phi) is 4.47. The maximum Gasteiger partial charge on any atom is 0.338 e. The van der Waals surface area contributed by atoms with Crippen LogP contribution >= 0.6 is 0 Å². The lowest BCUT2D eigenvalue weighted by molar-refractivity contribution is -0.639. The van der Waals surface area contributed by atoms with Crippen molar-refractivity contribution >= 4 is 33.7 Å². The number of ether oxygens (including phenoxy) is 2. The summed E-state index contributed by atoms with van der Waals surface area (Å²) in [6, 6.07) is 9.56. The van der Waals surface area contributed by atoms with Crippen LogP contribution in [0.5, 0.6) is 0 Å². The van der Waals surface area contributed by atoms with Crippen molar-refractivity contribution < 1.29 is 23.9 Å². The average molecular weight is 340 g/mol. The maximum atomic E-state index is 12.3. The second-order valence-electron chi connectivity index (χ2n) is 5.28. The first-order valence-corrected chi connectivity index (χ1v) is 7.86. The largest absolute Gasteiger partial charge is 0.594 e. The van der Waals surface area contributed by atoms with Gasteiger partial charge in [-0.3, -0.25) is 0 Å². The van der Waals surface area contributed by atoms with Gasteiger partial charge in [0.05, 0.1) is 29.7 Å². The Morgan fingerprint density at radius 3 is 2.12 bits per heavy atom. The number of fused-ring (bicyclic) bond motifs is 3. The molecule has 7 nitrogen and oxygen atoms in total. The monoisotopic (exact) mass is 340 g/mol. The summed E-state index contributed by atoms with van der Waals surface area (Å²) >= 11 is 0. The molecule has 0 amide bonds. The molecular formula is C18H16N2O5. The molecule has 0 aliphatic carbocycles. The summed E-state index contributed by atoms with van der Waals surface area (Å²) in [5.74, 6) is -0.969. The minimum atomic E-state index is -0.498. The smallest absolute Gasteiger partial charge is 0.338 e. The predicted octanol–water partition coefficient (Wildman–Crippen LogP) is 2.37. The lowest BCUT2D eigenvalue weighted by atomic mass is 10.1. The molecule has 0 unspecified atom stereocenters. The van der Waals surface area contributed by atoms with E-state index in [0.29, 0.717) is 26.7 Å². The molecule has 1 heterocycles. The van der Waals surface area contributed by atoms with Crippen molar-refractivity contribution in [3.05, 3.63) is 52.7 Å². The molecule has 128 valence electrons. The molecule has 3 rings (SSSR count). The molecular weight excluding hydrogens is 324 g/mol. The van der Waals surface area contributed by atoms with Gasteiger partial charge in [0.1, 0.15) is 5.52 Å². The van der Waals surface area contributed by atoms with Gasteiger partial charge in [-0.2, -0.15) is 0 Å². The fourth-order valence-corrected chi connectivity index (χ4v) is 2.59. The molecule has 1 aromatic heterocycles. The van der Waals surface area contributed by atoms with Gasteiger partial charge in [-0.05, 0) is 43.0 Å². The first-order valence-electron chi connectivity index (χ1n) is 7.86. The van der Waals surface area contributed by atoms with Crippen molar-refractivity contribution in [2.24, 2.45) is 0 Å². The number of carbonyl (C=O) groups excluding carboxylic acids is 2. The summed E-state index contributed by atoms with van der Waals surface area (Å²) in [5.41, 5.74) is 1.23. The summed E-state index contributed by atoms with van der Waals surface area (Å²) in [4.78, 5) is 24.1. The molecule has 0 fully saturated rings. The van der Waals surface area contributed by atoms with E-state index in [-0.39, 0.29) is 24.3 Å². The highest BCUT2D eigenvalue weighted by Crippen LogP contribution is 2.23. The van der Waals surface area contributed by atoms with Crippen molar-refractivity contribution in [3.63, 3.8) is 0 Å². The fraction of sp³-hybridized carbons (Fsp3) is 0.222. The summed E-state index contributed by atoms with van der Waals surface area (Å²) < 4.78 is 9.90. The minimum absolute atomic E-state index is 0.251. The van der Waals surface area contributed by atoms with E-state index in [1.54, 1.807) is 38.1 Å². The van der Waals surface area contributed by atoms with Gasteiger partial charge < -0.3 is 14.7 Å². The highest BCUT2D eigenvalue weighted by molar-refractivity contribution is 6.06. The topological polar surface area (TPSA) is 92.4 Å². The van der Waals surface area contributed by atoms with E-state index in [1.165, 1.54) is 12.1 Å². The lowest BCUT2D eigenvalue weighted by Gasteiger charge is -2.07. The van der Waals surface area contributed by atoms with Crippen LogP contribution in [0.4, 0.5) is 0 Å². The van der Waals surface area contributed by atoms with Gasteiger partial charge in [-0.25, -0.2) is 9.59 Å². The normalized spacial score (nSPS) is 10.8. The van der Waals surface area contributed by atoms with E-state index in [1.807, 2.05) is 0 Å². The van der Waals surface area contributed by atoms with Gasteiger partial charge in [-0.15, -0.1) is 0 Å². The van der Waals surface area contributed by atoms with Crippen LogP contribution in [-0.2, 0) is 9.47 Å². The predicted molar refractivity (Wildman–Crippen MR) is 90.1 cm³/mol. The van der Waals surface area contributed by atoms with Crippen molar-refractivity contribution in [1.82, 2.24) is 5.10 Å². The molecule has 3 aromatic rings. The van der Waals surface area contributed by atoms with Crippen molar-refractivity contribution in [2.75, 3.05) is 13.2 Å². The van der Waals surface area contributed by atoms with Gasteiger partial charge >= 0.3 is 11.9 Å². The summed E-state index contributed by atoms with van der Waals surface area (Å²) in [6.45, 7) is 3.95. The zero-order valence-electron chi connectivity index (χ0n) is 13.8. The van der Waals surface area contributed by atoms with E-state index in [0.717, 1.165) is 0 Å². The minimum Gasteiger partial charge on any atom is -0.594 e.